The Hall–Kier alpha value is -1.96. The van der Waals surface area contributed by atoms with Crippen molar-refractivity contribution >= 4 is 17.1 Å². The number of hydrogen-bond donors (Lipinski definition) is 2. The van der Waals surface area contributed by atoms with Crippen LogP contribution in [-0.4, -0.2) is 5.54 Å². The molecule has 2 aromatic rings. The molecule has 0 bridgehead atoms. The van der Waals surface area contributed by atoms with Gasteiger partial charge in [0.25, 0.3) is 0 Å². The van der Waals surface area contributed by atoms with Crippen molar-refractivity contribution in [3.63, 3.8) is 0 Å². The third-order valence-corrected chi connectivity index (χ3v) is 5.59. The molecule has 0 aliphatic heterocycles. The van der Waals surface area contributed by atoms with E-state index in [1.54, 1.807) is 0 Å². The first-order valence-corrected chi connectivity index (χ1v) is 8.69. The van der Waals surface area contributed by atoms with Crippen LogP contribution in [0.5, 0.6) is 0 Å². The SMILES string of the molecule is CC1(C)CCCCC1(C)Nc1ccc(Nc2ccccc2)cc1. The van der Waals surface area contributed by atoms with E-state index >= 15 is 0 Å². The molecule has 0 spiro atoms. The minimum atomic E-state index is 0.166. The third kappa shape index (κ3) is 3.52. The van der Waals surface area contributed by atoms with Crippen molar-refractivity contribution in [2.45, 2.75) is 52.0 Å². The van der Waals surface area contributed by atoms with Crippen LogP contribution >= 0.6 is 0 Å². The van der Waals surface area contributed by atoms with E-state index in [1.165, 1.54) is 31.4 Å². The topological polar surface area (TPSA) is 24.1 Å². The first-order valence-electron chi connectivity index (χ1n) is 8.69. The van der Waals surface area contributed by atoms with Crippen LogP contribution in [0.25, 0.3) is 0 Å². The van der Waals surface area contributed by atoms with Gasteiger partial charge in [-0.25, -0.2) is 0 Å². The summed E-state index contributed by atoms with van der Waals surface area (Å²) in [6.45, 7) is 7.16. The van der Waals surface area contributed by atoms with Crippen molar-refractivity contribution < 1.29 is 0 Å². The molecular formula is C21H28N2. The normalized spacial score (nSPS) is 23.3. The lowest BCUT2D eigenvalue weighted by Gasteiger charge is -2.49. The minimum absolute atomic E-state index is 0.166. The molecular weight excluding hydrogens is 280 g/mol. The molecule has 1 aliphatic carbocycles. The van der Waals surface area contributed by atoms with Crippen LogP contribution in [0.4, 0.5) is 17.1 Å². The van der Waals surface area contributed by atoms with E-state index in [1.807, 2.05) is 18.2 Å². The van der Waals surface area contributed by atoms with Gasteiger partial charge in [0.05, 0.1) is 0 Å². The second kappa shape index (κ2) is 6.27. The molecule has 1 unspecified atom stereocenters. The highest BCUT2D eigenvalue weighted by atomic mass is 15.0. The van der Waals surface area contributed by atoms with Gasteiger partial charge in [0.15, 0.2) is 0 Å². The van der Waals surface area contributed by atoms with Gasteiger partial charge >= 0.3 is 0 Å². The predicted octanol–water partition coefficient (Wildman–Crippen LogP) is 6.20. The zero-order valence-corrected chi connectivity index (χ0v) is 14.5. The molecule has 0 saturated heterocycles. The highest BCUT2D eigenvalue weighted by Crippen LogP contribution is 2.45. The Balaban J connectivity index is 1.70. The van der Waals surface area contributed by atoms with Crippen LogP contribution in [0.1, 0.15) is 46.5 Å². The average Bonchev–Trinajstić information content (AvgIpc) is 2.53. The maximum atomic E-state index is 3.81. The summed E-state index contributed by atoms with van der Waals surface area (Å²) >= 11 is 0. The molecule has 0 aromatic heterocycles. The molecule has 2 heteroatoms. The van der Waals surface area contributed by atoms with Gasteiger partial charge in [-0.15, -0.1) is 0 Å². The number of nitrogens with one attached hydrogen (secondary N) is 2. The van der Waals surface area contributed by atoms with E-state index < -0.39 is 0 Å². The van der Waals surface area contributed by atoms with Crippen LogP contribution in [0.3, 0.4) is 0 Å². The Labute approximate surface area is 140 Å². The van der Waals surface area contributed by atoms with Crippen molar-refractivity contribution in [2.24, 2.45) is 5.41 Å². The summed E-state index contributed by atoms with van der Waals surface area (Å²) in [6.07, 6.45) is 5.21. The summed E-state index contributed by atoms with van der Waals surface area (Å²) in [5.74, 6) is 0. The highest BCUT2D eigenvalue weighted by molar-refractivity contribution is 5.62. The van der Waals surface area contributed by atoms with Gasteiger partial charge in [-0.1, -0.05) is 44.9 Å². The van der Waals surface area contributed by atoms with E-state index in [2.05, 4.69) is 67.8 Å². The maximum absolute atomic E-state index is 3.81. The minimum Gasteiger partial charge on any atom is -0.379 e. The van der Waals surface area contributed by atoms with Gasteiger partial charge in [-0.05, 0) is 61.6 Å². The van der Waals surface area contributed by atoms with E-state index in [9.17, 15) is 0 Å². The number of benzene rings is 2. The Morgan fingerprint density at radius 2 is 1.26 bits per heavy atom. The molecule has 0 radical (unpaired) electrons. The zero-order valence-electron chi connectivity index (χ0n) is 14.5. The number of hydrogen-bond acceptors (Lipinski definition) is 2. The molecule has 2 aromatic carbocycles. The van der Waals surface area contributed by atoms with Gasteiger partial charge in [-0.3, -0.25) is 0 Å². The van der Waals surface area contributed by atoms with Crippen molar-refractivity contribution in [1.82, 2.24) is 0 Å². The quantitative estimate of drug-likeness (QED) is 0.702. The summed E-state index contributed by atoms with van der Waals surface area (Å²) in [5.41, 5.74) is 3.94. The first kappa shape index (κ1) is 15.9. The highest BCUT2D eigenvalue weighted by Gasteiger charge is 2.42. The standard InChI is InChI=1S/C21H28N2/c1-20(2)15-7-8-16-21(20,3)23-19-13-11-18(12-14-19)22-17-9-5-4-6-10-17/h4-6,9-14,22-23H,7-8,15-16H2,1-3H3. The summed E-state index contributed by atoms with van der Waals surface area (Å²) in [4.78, 5) is 0. The smallest absolute Gasteiger partial charge is 0.0396 e. The van der Waals surface area contributed by atoms with E-state index in [-0.39, 0.29) is 5.54 Å². The molecule has 1 aliphatic rings. The van der Waals surface area contributed by atoms with E-state index in [0.29, 0.717) is 5.41 Å². The summed E-state index contributed by atoms with van der Waals surface area (Å²) in [5, 5.41) is 7.24. The molecule has 23 heavy (non-hydrogen) atoms. The summed E-state index contributed by atoms with van der Waals surface area (Å²) < 4.78 is 0. The monoisotopic (exact) mass is 308 g/mol. The molecule has 2 nitrogen and oxygen atoms in total. The van der Waals surface area contributed by atoms with Crippen LogP contribution in [0, 0.1) is 5.41 Å². The van der Waals surface area contributed by atoms with Crippen molar-refractivity contribution in [3.05, 3.63) is 54.6 Å². The molecule has 122 valence electrons. The molecule has 0 heterocycles. The Bertz CT molecular complexity index is 631. The number of rotatable bonds is 4. The molecule has 0 amide bonds. The van der Waals surface area contributed by atoms with Gasteiger partial charge in [0.1, 0.15) is 0 Å². The van der Waals surface area contributed by atoms with Crippen LogP contribution < -0.4 is 10.6 Å². The van der Waals surface area contributed by atoms with Gasteiger partial charge in [0.2, 0.25) is 0 Å². The maximum Gasteiger partial charge on any atom is 0.0396 e. The van der Waals surface area contributed by atoms with Crippen LogP contribution in [-0.2, 0) is 0 Å². The second-order valence-electron chi connectivity index (χ2n) is 7.62. The Kier molecular flexibility index (Phi) is 4.34. The molecule has 3 rings (SSSR count). The first-order chi connectivity index (χ1) is 11.0. The average molecular weight is 308 g/mol. The fourth-order valence-corrected chi connectivity index (χ4v) is 3.54. The molecule has 2 N–H and O–H groups in total. The van der Waals surface area contributed by atoms with Crippen molar-refractivity contribution in [2.75, 3.05) is 10.6 Å². The van der Waals surface area contributed by atoms with Crippen molar-refractivity contribution in [3.8, 4) is 0 Å². The lowest BCUT2D eigenvalue weighted by molar-refractivity contribution is 0.134. The lowest BCUT2D eigenvalue weighted by Crippen LogP contribution is -2.50. The number of anilines is 3. The van der Waals surface area contributed by atoms with E-state index in [0.717, 1.165) is 11.4 Å². The molecule has 1 saturated carbocycles. The Morgan fingerprint density at radius 1 is 0.696 bits per heavy atom. The fourth-order valence-electron chi connectivity index (χ4n) is 3.54. The number of para-hydroxylation sites is 1. The van der Waals surface area contributed by atoms with Gasteiger partial charge in [-0.2, -0.15) is 0 Å². The van der Waals surface area contributed by atoms with Gasteiger partial charge in [0, 0.05) is 22.6 Å². The molecule has 1 atom stereocenters. The van der Waals surface area contributed by atoms with Crippen LogP contribution in [0.15, 0.2) is 54.6 Å². The summed E-state index contributed by atoms with van der Waals surface area (Å²) in [7, 11) is 0. The van der Waals surface area contributed by atoms with Crippen molar-refractivity contribution in [1.29, 1.82) is 0 Å². The third-order valence-electron chi connectivity index (χ3n) is 5.59. The largest absolute Gasteiger partial charge is 0.379 e. The molecule has 1 fully saturated rings. The lowest BCUT2D eigenvalue weighted by atomic mass is 9.64. The summed E-state index contributed by atoms with van der Waals surface area (Å²) in [6, 6.07) is 18.9. The predicted molar refractivity (Wildman–Crippen MR) is 100 cm³/mol. The second-order valence-corrected chi connectivity index (χ2v) is 7.62. The van der Waals surface area contributed by atoms with E-state index in [4.69, 9.17) is 0 Å². The van der Waals surface area contributed by atoms with Gasteiger partial charge < -0.3 is 10.6 Å². The Morgan fingerprint density at radius 3 is 1.91 bits per heavy atom. The van der Waals surface area contributed by atoms with Crippen LogP contribution in [0.2, 0.25) is 0 Å². The fraction of sp³-hybridized carbons (Fsp3) is 0.429. The zero-order chi connectivity index (χ0) is 16.3.